The molecule has 0 aliphatic carbocycles. The largest absolute Gasteiger partial charge is 0.489 e. The molecular weight excluding hydrogens is 284 g/mol. The van der Waals surface area contributed by atoms with Crippen molar-refractivity contribution in [3.8, 4) is 11.5 Å². The zero-order valence-electron chi connectivity index (χ0n) is 15.8. The summed E-state index contributed by atoms with van der Waals surface area (Å²) >= 11 is 0. The molecule has 0 amide bonds. The van der Waals surface area contributed by atoms with E-state index in [0.29, 0.717) is 31.0 Å². The molecule has 1 aromatic carbocycles. The maximum Gasteiger partial charge on any atom is 0.161 e. The molecule has 0 spiro atoms. The Morgan fingerprint density at radius 3 is 2.04 bits per heavy atom. The first-order valence-electron chi connectivity index (χ1n) is 8.98. The van der Waals surface area contributed by atoms with Gasteiger partial charge in [-0.05, 0) is 48.3 Å². The lowest BCUT2D eigenvalue weighted by Crippen LogP contribution is -2.09. The van der Waals surface area contributed by atoms with Gasteiger partial charge in [0.05, 0.1) is 13.2 Å². The highest BCUT2D eigenvalue weighted by Gasteiger charge is 2.12. The molecule has 0 aliphatic rings. The zero-order chi connectivity index (χ0) is 17.2. The normalized spacial score (nSPS) is 13.0. The van der Waals surface area contributed by atoms with E-state index in [2.05, 4.69) is 71.9 Å². The fourth-order valence-corrected chi connectivity index (χ4v) is 2.18. The predicted molar refractivity (Wildman–Crippen MR) is 99.6 cm³/mol. The molecule has 1 aromatic rings. The van der Waals surface area contributed by atoms with Gasteiger partial charge >= 0.3 is 0 Å². The predicted octanol–water partition coefficient (Wildman–Crippen LogP) is 6.22. The molecule has 1 rings (SSSR count). The SMILES string of the molecule is CC/C=C\CC(C)c1ccc(OCC(C)C)c(OCC(C)C)c1. The number of rotatable bonds is 10. The first-order chi connectivity index (χ1) is 10.9. The van der Waals surface area contributed by atoms with Gasteiger partial charge in [0, 0.05) is 0 Å². The summed E-state index contributed by atoms with van der Waals surface area (Å²) in [7, 11) is 0. The van der Waals surface area contributed by atoms with E-state index in [1.54, 1.807) is 0 Å². The third-order valence-electron chi connectivity index (χ3n) is 3.57. The van der Waals surface area contributed by atoms with Crippen molar-refractivity contribution in [3.05, 3.63) is 35.9 Å². The molecule has 0 aliphatic heterocycles. The van der Waals surface area contributed by atoms with Crippen LogP contribution in [0.1, 0.15) is 65.9 Å². The van der Waals surface area contributed by atoms with Crippen LogP contribution in [-0.4, -0.2) is 13.2 Å². The van der Waals surface area contributed by atoms with Crippen LogP contribution >= 0.6 is 0 Å². The molecule has 2 nitrogen and oxygen atoms in total. The Kier molecular flexibility index (Phi) is 8.83. The Balaban J connectivity index is 2.88. The van der Waals surface area contributed by atoms with Gasteiger partial charge in [-0.25, -0.2) is 0 Å². The Morgan fingerprint density at radius 2 is 1.48 bits per heavy atom. The maximum absolute atomic E-state index is 6.00. The summed E-state index contributed by atoms with van der Waals surface area (Å²) in [5.74, 6) is 3.23. The molecule has 130 valence electrons. The first-order valence-corrected chi connectivity index (χ1v) is 8.98. The minimum Gasteiger partial charge on any atom is -0.489 e. The average Bonchev–Trinajstić information content (AvgIpc) is 2.51. The minimum absolute atomic E-state index is 0.485. The second-order valence-electron chi connectivity index (χ2n) is 7.13. The maximum atomic E-state index is 6.00. The average molecular weight is 319 g/mol. The number of hydrogen-bond acceptors (Lipinski definition) is 2. The van der Waals surface area contributed by atoms with Gasteiger partial charge in [0.2, 0.25) is 0 Å². The van der Waals surface area contributed by atoms with E-state index in [1.165, 1.54) is 5.56 Å². The van der Waals surface area contributed by atoms with Crippen LogP contribution in [0, 0.1) is 11.8 Å². The fraction of sp³-hybridized carbons (Fsp3) is 0.619. The Hall–Kier alpha value is -1.44. The van der Waals surface area contributed by atoms with Crippen molar-refractivity contribution < 1.29 is 9.47 Å². The number of hydrogen-bond donors (Lipinski definition) is 0. The highest BCUT2D eigenvalue weighted by molar-refractivity contribution is 5.44. The van der Waals surface area contributed by atoms with E-state index in [9.17, 15) is 0 Å². The van der Waals surface area contributed by atoms with Crippen molar-refractivity contribution >= 4 is 0 Å². The monoisotopic (exact) mass is 318 g/mol. The Labute approximate surface area is 142 Å². The van der Waals surface area contributed by atoms with Crippen molar-refractivity contribution in [2.75, 3.05) is 13.2 Å². The Bertz CT molecular complexity index is 475. The van der Waals surface area contributed by atoms with Crippen LogP contribution in [0.2, 0.25) is 0 Å². The summed E-state index contributed by atoms with van der Waals surface area (Å²) < 4.78 is 11.9. The Morgan fingerprint density at radius 1 is 0.870 bits per heavy atom. The van der Waals surface area contributed by atoms with Crippen molar-refractivity contribution in [1.82, 2.24) is 0 Å². The van der Waals surface area contributed by atoms with Gasteiger partial charge in [-0.3, -0.25) is 0 Å². The summed E-state index contributed by atoms with van der Waals surface area (Å²) in [4.78, 5) is 0. The summed E-state index contributed by atoms with van der Waals surface area (Å²) in [6, 6.07) is 6.39. The van der Waals surface area contributed by atoms with Gasteiger partial charge in [0.25, 0.3) is 0 Å². The number of benzene rings is 1. The van der Waals surface area contributed by atoms with Crippen LogP contribution in [0.25, 0.3) is 0 Å². The lowest BCUT2D eigenvalue weighted by atomic mass is 9.97. The van der Waals surface area contributed by atoms with E-state index in [0.717, 1.165) is 24.3 Å². The van der Waals surface area contributed by atoms with E-state index in [4.69, 9.17) is 9.47 Å². The van der Waals surface area contributed by atoms with Gasteiger partial charge in [-0.15, -0.1) is 0 Å². The third kappa shape index (κ3) is 7.58. The first kappa shape index (κ1) is 19.6. The van der Waals surface area contributed by atoms with Crippen LogP contribution < -0.4 is 9.47 Å². The number of ether oxygens (including phenoxy) is 2. The molecule has 0 fully saturated rings. The second kappa shape index (κ2) is 10.4. The van der Waals surface area contributed by atoms with Gasteiger partial charge in [-0.1, -0.05) is 59.8 Å². The molecule has 0 heterocycles. The molecule has 2 heteroatoms. The van der Waals surface area contributed by atoms with Crippen LogP contribution in [0.3, 0.4) is 0 Å². The molecule has 0 saturated carbocycles. The topological polar surface area (TPSA) is 18.5 Å². The highest BCUT2D eigenvalue weighted by Crippen LogP contribution is 2.33. The fourth-order valence-electron chi connectivity index (χ4n) is 2.18. The van der Waals surface area contributed by atoms with Gasteiger partial charge in [-0.2, -0.15) is 0 Å². The van der Waals surface area contributed by atoms with Crippen LogP contribution in [0.5, 0.6) is 11.5 Å². The molecule has 1 atom stereocenters. The molecular formula is C21H34O2. The highest BCUT2D eigenvalue weighted by atomic mass is 16.5. The van der Waals surface area contributed by atoms with Crippen molar-refractivity contribution in [2.45, 2.75) is 60.3 Å². The minimum atomic E-state index is 0.485. The van der Waals surface area contributed by atoms with Crippen molar-refractivity contribution in [2.24, 2.45) is 11.8 Å². The van der Waals surface area contributed by atoms with Gasteiger partial charge < -0.3 is 9.47 Å². The van der Waals surface area contributed by atoms with Crippen LogP contribution in [-0.2, 0) is 0 Å². The van der Waals surface area contributed by atoms with Crippen LogP contribution in [0.15, 0.2) is 30.4 Å². The summed E-state index contributed by atoms with van der Waals surface area (Å²) in [5.41, 5.74) is 1.31. The van der Waals surface area contributed by atoms with E-state index < -0.39 is 0 Å². The lowest BCUT2D eigenvalue weighted by Gasteiger charge is -2.18. The van der Waals surface area contributed by atoms with E-state index in [1.807, 2.05) is 0 Å². The summed E-state index contributed by atoms with van der Waals surface area (Å²) in [6.07, 6.45) is 6.65. The summed E-state index contributed by atoms with van der Waals surface area (Å²) in [6.45, 7) is 14.5. The van der Waals surface area contributed by atoms with Crippen molar-refractivity contribution in [1.29, 1.82) is 0 Å². The van der Waals surface area contributed by atoms with E-state index in [-0.39, 0.29) is 0 Å². The second-order valence-corrected chi connectivity index (χ2v) is 7.13. The lowest BCUT2D eigenvalue weighted by molar-refractivity contribution is 0.229. The van der Waals surface area contributed by atoms with Crippen molar-refractivity contribution in [3.63, 3.8) is 0 Å². The third-order valence-corrected chi connectivity index (χ3v) is 3.57. The quantitative estimate of drug-likeness (QED) is 0.477. The molecule has 0 aromatic heterocycles. The molecule has 0 N–H and O–H groups in total. The smallest absolute Gasteiger partial charge is 0.161 e. The van der Waals surface area contributed by atoms with Crippen LogP contribution in [0.4, 0.5) is 0 Å². The standard InChI is InChI=1S/C21H34O2/c1-7-8-9-10-18(6)19-11-12-20(22-14-16(2)3)21(13-19)23-15-17(4)5/h8-9,11-13,16-18H,7,10,14-15H2,1-6H3/b9-8-. The molecule has 0 radical (unpaired) electrons. The van der Waals surface area contributed by atoms with Gasteiger partial charge in [0.1, 0.15) is 0 Å². The number of allylic oxidation sites excluding steroid dienone is 2. The molecule has 1 unspecified atom stereocenters. The van der Waals surface area contributed by atoms with Gasteiger partial charge in [0.15, 0.2) is 11.5 Å². The zero-order valence-corrected chi connectivity index (χ0v) is 15.8. The molecule has 23 heavy (non-hydrogen) atoms. The molecule has 0 saturated heterocycles. The van der Waals surface area contributed by atoms with E-state index >= 15 is 0 Å². The molecule has 0 bridgehead atoms. The summed E-state index contributed by atoms with van der Waals surface area (Å²) in [5, 5.41) is 0.